The summed E-state index contributed by atoms with van der Waals surface area (Å²) in [6, 6.07) is 0. The first-order valence-corrected chi connectivity index (χ1v) is 10.2. The fourth-order valence-electron chi connectivity index (χ4n) is 4.18. The molecular weight excluding hydrogens is 374 g/mol. The Balaban J connectivity index is 1.53. The third-order valence-electron chi connectivity index (χ3n) is 5.84. The topological polar surface area (TPSA) is 140 Å². The van der Waals surface area contributed by atoms with Crippen molar-refractivity contribution in [2.24, 2.45) is 5.92 Å². The smallest absolute Gasteiger partial charge is 0.208 e. The van der Waals surface area contributed by atoms with E-state index in [0.29, 0.717) is 11.2 Å². The summed E-state index contributed by atoms with van der Waals surface area (Å²) in [4.78, 5) is 12.9. The minimum absolute atomic E-state index is 0.192. The monoisotopic (exact) mass is 401 g/mol. The van der Waals surface area contributed by atoms with Crippen LogP contribution in [0.3, 0.4) is 0 Å². The van der Waals surface area contributed by atoms with Gasteiger partial charge in [-0.3, -0.25) is 4.57 Å². The van der Waals surface area contributed by atoms with Crippen molar-refractivity contribution in [3.8, 4) is 11.8 Å². The van der Waals surface area contributed by atoms with Gasteiger partial charge in [0.15, 0.2) is 17.7 Å². The molecule has 2 fully saturated rings. The largest absolute Gasteiger partial charge is 0.394 e. The molecule has 4 rings (SSSR count). The Morgan fingerprint density at radius 2 is 1.97 bits per heavy atom. The zero-order valence-electron chi connectivity index (χ0n) is 16.2. The maximum absolute atomic E-state index is 10.3. The first-order valence-electron chi connectivity index (χ1n) is 10.2. The number of anilines is 1. The highest BCUT2D eigenvalue weighted by Gasteiger charge is 2.44. The summed E-state index contributed by atoms with van der Waals surface area (Å²) in [5.41, 5.74) is 6.75. The standard InChI is InChI=1S/C20H27N5O4/c21-18-15-19(25(11-22-15)20-17(28)16(27)13(10-26)29-20)24-14(23-18)9-5-4-8-12-6-2-1-3-7-12/h11-13,16-17,20,26-28H,1-4,6-8,10H2,(H2,21,23,24)/t13-,16-,17-,20?/m1/s1. The van der Waals surface area contributed by atoms with Crippen LogP contribution in [0.15, 0.2) is 6.33 Å². The predicted octanol–water partition coefficient (Wildman–Crippen LogP) is 0.732. The summed E-state index contributed by atoms with van der Waals surface area (Å²) in [6.45, 7) is -0.407. The molecule has 9 heteroatoms. The van der Waals surface area contributed by atoms with Crippen LogP contribution < -0.4 is 5.73 Å². The summed E-state index contributed by atoms with van der Waals surface area (Å²) in [5.74, 6) is 7.36. The number of nitrogens with zero attached hydrogens (tertiary/aromatic N) is 4. The van der Waals surface area contributed by atoms with Gasteiger partial charge in [0.2, 0.25) is 5.82 Å². The number of nitrogen functional groups attached to an aromatic ring is 1. The normalized spacial score (nSPS) is 27.8. The number of hydrogen-bond donors (Lipinski definition) is 4. The van der Waals surface area contributed by atoms with Crippen LogP contribution in [-0.2, 0) is 4.74 Å². The predicted molar refractivity (Wildman–Crippen MR) is 105 cm³/mol. The van der Waals surface area contributed by atoms with Gasteiger partial charge in [0.1, 0.15) is 23.8 Å². The van der Waals surface area contributed by atoms with Crippen LogP contribution in [-0.4, -0.2) is 59.8 Å². The molecule has 1 unspecified atom stereocenters. The highest BCUT2D eigenvalue weighted by atomic mass is 16.6. The molecule has 0 amide bonds. The molecule has 1 saturated carbocycles. The van der Waals surface area contributed by atoms with Gasteiger partial charge < -0.3 is 25.8 Å². The van der Waals surface area contributed by atoms with E-state index in [4.69, 9.17) is 10.5 Å². The van der Waals surface area contributed by atoms with E-state index in [0.717, 1.165) is 18.8 Å². The molecule has 0 radical (unpaired) electrons. The summed E-state index contributed by atoms with van der Waals surface area (Å²) in [7, 11) is 0. The molecule has 3 heterocycles. The van der Waals surface area contributed by atoms with Gasteiger partial charge in [-0.25, -0.2) is 15.0 Å². The van der Waals surface area contributed by atoms with Crippen LogP contribution in [0.2, 0.25) is 0 Å². The second kappa shape index (κ2) is 8.63. The van der Waals surface area contributed by atoms with Crippen molar-refractivity contribution in [3.63, 3.8) is 0 Å². The quantitative estimate of drug-likeness (QED) is 0.550. The third kappa shape index (κ3) is 4.07. The van der Waals surface area contributed by atoms with Crippen molar-refractivity contribution >= 4 is 17.0 Å². The SMILES string of the molecule is Nc1nc(C#CCCC2CCCCC2)nc2c1ncn2C1O[C@H](CO)[C@@H](O)[C@H]1O. The lowest BCUT2D eigenvalue weighted by Gasteiger charge is -2.20. The second-order valence-corrected chi connectivity index (χ2v) is 7.83. The molecule has 4 atom stereocenters. The number of aliphatic hydroxyl groups is 3. The zero-order valence-corrected chi connectivity index (χ0v) is 16.2. The number of nitrogens with two attached hydrogens (primary N) is 1. The van der Waals surface area contributed by atoms with E-state index in [1.807, 2.05) is 0 Å². The molecule has 0 bridgehead atoms. The van der Waals surface area contributed by atoms with E-state index >= 15 is 0 Å². The Kier molecular flexibility index (Phi) is 5.96. The summed E-state index contributed by atoms with van der Waals surface area (Å²) in [5, 5.41) is 29.6. The summed E-state index contributed by atoms with van der Waals surface area (Å²) in [6.07, 6.45) is 5.62. The molecule has 5 N–H and O–H groups in total. The Bertz CT molecular complexity index is 915. The molecule has 9 nitrogen and oxygen atoms in total. The summed E-state index contributed by atoms with van der Waals surface area (Å²) < 4.78 is 7.06. The highest BCUT2D eigenvalue weighted by molar-refractivity contribution is 5.82. The van der Waals surface area contributed by atoms with Crippen LogP contribution in [0.1, 0.15) is 57.0 Å². The first-order chi connectivity index (χ1) is 14.1. The highest BCUT2D eigenvalue weighted by Crippen LogP contribution is 2.32. The van der Waals surface area contributed by atoms with Crippen molar-refractivity contribution in [1.82, 2.24) is 19.5 Å². The molecule has 29 heavy (non-hydrogen) atoms. The molecule has 1 aliphatic heterocycles. The molecule has 2 aliphatic rings. The minimum Gasteiger partial charge on any atom is -0.394 e. The first kappa shape index (κ1) is 20.0. The number of aliphatic hydroxyl groups excluding tert-OH is 3. The fraction of sp³-hybridized carbons (Fsp3) is 0.650. The van der Waals surface area contributed by atoms with Crippen molar-refractivity contribution in [2.45, 2.75) is 69.5 Å². The van der Waals surface area contributed by atoms with Crippen molar-refractivity contribution < 1.29 is 20.1 Å². The lowest BCUT2D eigenvalue weighted by atomic mass is 9.86. The van der Waals surface area contributed by atoms with E-state index in [2.05, 4.69) is 26.8 Å². The van der Waals surface area contributed by atoms with Crippen LogP contribution in [0.5, 0.6) is 0 Å². The van der Waals surface area contributed by atoms with Gasteiger partial charge in [-0.15, -0.1) is 0 Å². The molecule has 0 spiro atoms. The van der Waals surface area contributed by atoms with E-state index in [1.54, 1.807) is 0 Å². The average molecular weight is 401 g/mol. The van der Waals surface area contributed by atoms with Gasteiger partial charge in [0.05, 0.1) is 12.9 Å². The van der Waals surface area contributed by atoms with E-state index in [-0.39, 0.29) is 11.6 Å². The third-order valence-corrected chi connectivity index (χ3v) is 5.84. The van der Waals surface area contributed by atoms with Crippen LogP contribution in [0.25, 0.3) is 11.2 Å². The van der Waals surface area contributed by atoms with Gasteiger partial charge in [0, 0.05) is 6.42 Å². The van der Waals surface area contributed by atoms with Gasteiger partial charge in [0.25, 0.3) is 0 Å². The Morgan fingerprint density at radius 3 is 2.69 bits per heavy atom. The Hall–Kier alpha value is -2.25. The van der Waals surface area contributed by atoms with E-state index in [9.17, 15) is 15.3 Å². The number of rotatable bonds is 4. The maximum Gasteiger partial charge on any atom is 0.208 e. The molecule has 1 saturated heterocycles. The van der Waals surface area contributed by atoms with Gasteiger partial charge in [-0.05, 0) is 18.3 Å². The Labute approximate surface area is 168 Å². The molecule has 2 aromatic rings. The molecule has 0 aromatic carbocycles. The van der Waals surface area contributed by atoms with Gasteiger partial charge >= 0.3 is 0 Å². The molecule has 2 aromatic heterocycles. The minimum atomic E-state index is -1.23. The number of fused-ring (bicyclic) bond motifs is 1. The van der Waals surface area contributed by atoms with E-state index in [1.165, 1.54) is 43.0 Å². The molecule has 156 valence electrons. The van der Waals surface area contributed by atoms with Gasteiger partial charge in [-0.2, -0.15) is 0 Å². The number of ether oxygens (including phenoxy) is 1. The van der Waals surface area contributed by atoms with Crippen LogP contribution in [0.4, 0.5) is 5.82 Å². The summed E-state index contributed by atoms with van der Waals surface area (Å²) >= 11 is 0. The van der Waals surface area contributed by atoms with Crippen molar-refractivity contribution in [2.75, 3.05) is 12.3 Å². The maximum atomic E-state index is 10.3. The van der Waals surface area contributed by atoms with Crippen LogP contribution in [0, 0.1) is 17.8 Å². The van der Waals surface area contributed by atoms with Crippen molar-refractivity contribution in [3.05, 3.63) is 12.2 Å². The zero-order chi connectivity index (χ0) is 20.4. The fourth-order valence-corrected chi connectivity index (χ4v) is 4.18. The lowest BCUT2D eigenvalue weighted by molar-refractivity contribution is -0.0511. The lowest BCUT2D eigenvalue weighted by Crippen LogP contribution is -2.33. The van der Waals surface area contributed by atoms with Gasteiger partial charge in [-0.1, -0.05) is 38.0 Å². The van der Waals surface area contributed by atoms with Crippen LogP contribution >= 0.6 is 0 Å². The number of imidazole rings is 1. The number of aromatic nitrogens is 4. The molecular formula is C20H27N5O4. The second-order valence-electron chi connectivity index (χ2n) is 7.83. The molecule has 1 aliphatic carbocycles. The van der Waals surface area contributed by atoms with E-state index < -0.39 is 31.1 Å². The number of hydrogen-bond acceptors (Lipinski definition) is 8. The Morgan fingerprint density at radius 1 is 1.17 bits per heavy atom. The average Bonchev–Trinajstić information content (AvgIpc) is 3.28. The van der Waals surface area contributed by atoms with Crippen molar-refractivity contribution in [1.29, 1.82) is 0 Å².